The minimum Gasteiger partial charge on any atom is -0.439 e. The van der Waals surface area contributed by atoms with Gasteiger partial charge in [0.2, 0.25) is 5.88 Å². The van der Waals surface area contributed by atoms with Crippen molar-refractivity contribution in [3.05, 3.63) is 54.0 Å². The molecule has 1 atom stereocenters. The maximum Gasteiger partial charge on any atom is 0.219 e. The lowest BCUT2D eigenvalue weighted by atomic mass is 10.2. The number of hydrogen-bond acceptors (Lipinski definition) is 4. The second-order valence-electron chi connectivity index (χ2n) is 5.78. The largest absolute Gasteiger partial charge is 0.439 e. The standard InChI is InChI=1S/C18H21FN4O2.HI/c19-14-3-5-15(6-4-14)25-17-10-13(7-8-21-17)11-22-18(20)23-12-16-2-1-9-24-16;/h3-8,10,16H,1-2,9,11-12H2,(H3,20,22,23);1H. The van der Waals surface area contributed by atoms with Gasteiger partial charge in [-0.15, -0.1) is 24.0 Å². The zero-order valence-corrected chi connectivity index (χ0v) is 16.6. The molecular weight excluding hydrogens is 450 g/mol. The quantitative estimate of drug-likeness (QED) is 0.384. The van der Waals surface area contributed by atoms with Crippen LogP contribution in [0.15, 0.2) is 47.6 Å². The van der Waals surface area contributed by atoms with Crippen LogP contribution in [0.4, 0.5) is 4.39 Å². The summed E-state index contributed by atoms with van der Waals surface area (Å²) in [6.07, 6.45) is 4.00. The number of hydrogen-bond donors (Lipinski definition) is 2. The predicted molar refractivity (Wildman–Crippen MR) is 108 cm³/mol. The van der Waals surface area contributed by atoms with Gasteiger partial charge in [0.05, 0.1) is 12.6 Å². The highest BCUT2D eigenvalue weighted by Gasteiger charge is 2.14. The molecule has 0 amide bonds. The molecule has 8 heteroatoms. The van der Waals surface area contributed by atoms with Crippen LogP contribution in [0.1, 0.15) is 18.4 Å². The average molecular weight is 472 g/mol. The second-order valence-corrected chi connectivity index (χ2v) is 5.78. The molecule has 2 heterocycles. The van der Waals surface area contributed by atoms with E-state index < -0.39 is 0 Å². The Morgan fingerprint density at radius 3 is 2.88 bits per heavy atom. The van der Waals surface area contributed by atoms with Crippen molar-refractivity contribution in [3.63, 3.8) is 0 Å². The number of guanidine groups is 1. The van der Waals surface area contributed by atoms with E-state index in [4.69, 9.17) is 15.2 Å². The first-order chi connectivity index (χ1) is 12.2. The van der Waals surface area contributed by atoms with Crippen LogP contribution in [0, 0.1) is 5.82 Å². The van der Waals surface area contributed by atoms with E-state index in [1.54, 1.807) is 24.4 Å². The lowest BCUT2D eigenvalue weighted by Crippen LogP contribution is -2.37. The van der Waals surface area contributed by atoms with Crippen molar-refractivity contribution >= 4 is 29.9 Å². The van der Waals surface area contributed by atoms with Crippen molar-refractivity contribution in [2.45, 2.75) is 25.5 Å². The molecule has 1 saturated heterocycles. The van der Waals surface area contributed by atoms with Gasteiger partial charge in [-0.3, -0.25) is 0 Å². The number of halogens is 2. The molecule has 3 N–H and O–H groups in total. The van der Waals surface area contributed by atoms with Gasteiger partial charge >= 0.3 is 0 Å². The molecule has 2 aromatic rings. The summed E-state index contributed by atoms with van der Waals surface area (Å²) < 4.78 is 24.0. The normalized spacial score (nSPS) is 16.8. The maximum atomic E-state index is 12.9. The van der Waals surface area contributed by atoms with Gasteiger partial charge in [0, 0.05) is 25.4 Å². The Balaban J connectivity index is 0.00000243. The lowest BCUT2D eigenvalue weighted by molar-refractivity contribution is 0.114. The van der Waals surface area contributed by atoms with Gasteiger partial charge in [-0.2, -0.15) is 0 Å². The van der Waals surface area contributed by atoms with E-state index in [0.29, 0.717) is 30.7 Å². The molecule has 26 heavy (non-hydrogen) atoms. The van der Waals surface area contributed by atoms with Crippen molar-refractivity contribution in [2.24, 2.45) is 10.7 Å². The fourth-order valence-corrected chi connectivity index (χ4v) is 2.48. The van der Waals surface area contributed by atoms with Crippen LogP contribution in [0.3, 0.4) is 0 Å². The third-order valence-electron chi connectivity index (χ3n) is 3.80. The number of nitrogens with two attached hydrogens (primary N) is 1. The van der Waals surface area contributed by atoms with E-state index in [0.717, 1.165) is 25.0 Å². The number of pyridine rings is 1. The number of aliphatic imine (C=N–C) groups is 1. The molecule has 1 aliphatic heterocycles. The lowest BCUT2D eigenvalue weighted by Gasteiger charge is -2.11. The average Bonchev–Trinajstić information content (AvgIpc) is 3.14. The number of rotatable bonds is 6. The number of ether oxygens (including phenoxy) is 2. The van der Waals surface area contributed by atoms with Crippen molar-refractivity contribution in [1.82, 2.24) is 10.3 Å². The molecule has 1 fully saturated rings. The highest BCUT2D eigenvalue weighted by atomic mass is 127. The summed E-state index contributed by atoms with van der Waals surface area (Å²) in [5.41, 5.74) is 6.79. The van der Waals surface area contributed by atoms with E-state index in [1.165, 1.54) is 12.1 Å². The molecule has 6 nitrogen and oxygen atoms in total. The second kappa shape index (κ2) is 10.3. The molecule has 1 aliphatic rings. The SMILES string of the molecule is I.NC(=NCc1ccnc(Oc2ccc(F)cc2)c1)NCC1CCCO1. The summed E-state index contributed by atoms with van der Waals surface area (Å²) in [7, 11) is 0. The van der Waals surface area contributed by atoms with Gasteiger partial charge in [-0.25, -0.2) is 14.4 Å². The van der Waals surface area contributed by atoms with E-state index in [2.05, 4.69) is 15.3 Å². The summed E-state index contributed by atoms with van der Waals surface area (Å²) in [5, 5.41) is 3.07. The van der Waals surface area contributed by atoms with Crippen LogP contribution in [0.2, 0.25) is 0 Å². The molecule has 0 aliphatic carbocycles. The van der Waals surface area contributed by atoms with Gasteiger partial charge in [0.15, 0.2) is 5.96 Å². The first kappa shape index (κ1) is 20.4. The van der Waals surface area contributed by atoms with Crippen LogP contribution >= 0.6 is 24.0 Å². The minimum absolute atomic E-state index is 0. The van der Waals surface area contributed by atoms with Gasteiger partial charge < -0.3 is 20.5 Å². The zero-order chi connectivity index (χ0) is 17.5. The van der Waals surface area contributed by atoms with Crippen molar-refractivity contribution < 1.29 is 13.9 Å². The van der Waals surface area contributed by atoms with Crippen molar-refractivity contribution in [2.75, 3.05) is 13.2 Å². The smallest absolute Gasteiger partial charge is 0.219 e. The van der Waals surface area contributed by atoms with E-state index in [9.17, 15) is 4.39 Å². The number of benzene rings is 1. The molecule has 0 bridgehead atoms. The van der Waals surface area contributed by atoms with Crippen LogP contribution in [-0.2, 0) is 11.3 Å². The third-order valence-corrected chi connectivity index (χ3v) is 3.80. The van der Waals surface area contributed by atoms with Gasteiger partial charge in [-0.1, -0.05) is 0 Å². The first-order valence-electron chi connectivity index (χ1n) is 8.23. The topological polar surface area (TPSA) is 81.8 Å². The maximum absolute atomic E-state index is 12.9. The molecular formula is C18H22FIN4O2. The monoisotopic (exact) mass is 472 g/mol. The minimum atomic E-state index is -0.311. The molecule has 0 saturated carbocycles. The Kier molecular flexibility index (Phi) is 8.05. The summed E-state index contributed by atoms with van der Waals surface area (Å²) in [6, 6.07) is 9.39. The number of nitrogens with zero attached hydrogens (tertiary/aromatic N) is 2. The van der Waals surface area contributed by atoms with Crippen LogP contribution in [0.5, 0.6) is 11.6 Å². The van der Waals surface area contributed by atoms with Crippen LogP contribution in [0.25, 0.3) is 0 Å². The zero-order valence-electron chi connectivity index (χ0n) is 14.2. The fourth-order valence-electron chi connectivity index (χ4n) is 2.48. The Bertz CT molecular complexity index is 721. The molecule has 0 spiro atoms. The highest BCUT2D eigenvalue weighted by molar-refractivity contribution is 14.0. The Hall–Kier alpha value is -1.94. The van der Waals surface area contributed by atoms with Crippen LogP contribution < -0.4 is 15.8 Å². The van der Waals surface area contributed by atoms with E-state index in [-0.39, 0.29) is 35.9 Å². The van der Waals surface area contributed by atoms with Gasteiger partial charge in [0.25, 0.3) is 0 Å². The molecule has 0 radical (unpaired) electrons. The summed E-state index contributed by atoms with van der Waals surface area (Å²) in [6.45, 7) is 1.90. The Morgan fingerprint density at radius 1 is 1.35 bits per heavy atom. The first-order valence-corrected chi connectivity index (χ1v) is 8.23. The van der Waals surface area contributed by atoms with Crippen LogP contribution in [-0.4, -0.2) is 30.2 Å². The molecule has 140 valence electrons. The van der Waals surface area contributed by atoms with Crippen molar-refractivity contribution in [1.29, 1.82) is 0 Å². The number of nitrogens with one attached hydrogen (secondary N) is 1. The predicted octanol–water partition coefficient (Wildman–Crippen LogP) is 3.21. The third kappa shape index (κ3) is 6.41. The molecule has 3 rings (SSSR count). The van der Waals surface area contributed by atoms with E-state index in [1.807, 2.05) is 6.07 Å². The summed E-state index contributed by atoms with van der Waals surface area (Å²) in [5.74, 6) is 1.01. The fraction of sp³-hybridized carbons (Fsp3) is 0.333. The molecule has 1 aromatic carbocycles. The highest BCUT2D eigenvalue weighted by Crippen LogP contribution is 2.20. The summed E-state index contributed by atoms with van der Waals surface area (Å²) >= 11 is 0. The van der Waals surface area contributed by atoms with Gasteiger partial charge in [-0.05, 0) is 48.7 Å². The Labute approximate surface area is 169 Å². The van der Waals surface area contributed by atoms with Crippen molar-refractivity contribution in [3.8, 4) is 11.6 Å². The number of aromatic nitrogens is 1. The Morgan fingerprint density at radius 2 is 2.15 bits per heavy atom. The molecule has 1 aromatic heterocycles. The summed E-state index contributed by atoms with van der Waals surface area (Å²) in [4.78, 5) is 8.45. The van der Waals surface area contributed by atoms with E-state index >= 15 is 0 Å². The van der Waals surface area contributed by atoms with Gasteiger partial charge in [0.1, 0.15) is 11.6 Å². The molecule has 1 unspecified atom stereocenters.